The fourth-order valence-corrected chi connectivity index (χ4v) is 2.06. The molecule has 0 fully saturated rings. The van der Waals surface area contributed by atoms with Crippen molar-refractivity contribution in [3.63, 3.8) is 0 Å². The lowest BCUT2D eigenvalue weighted by atomic mass is 10.4. The summed E-state index contributed by atoms with van der Waals surface area (Å²) < 4.78 is 0. The van der Waals surface area contributed by atoms with Crippen molar-refractivity contribution in [3.05, 3.63) is 11.1 Å². The second-order valence-corrected chi connectivity index (χ2v) is 3.74. The summed E-state index contributed by atoms with van der Waals surface area (Å²) in [5, 5.41) is 11.1. The quantitative estimate of drug-likeness (QED) is 0.815. The van der Waals surface area contributed by atoms with Crippen LogP contribution >= 0.6 is 11.3 Å². The predicted molar refractivity (Wildman–Crippen MR) is 57.3 cm³/mol. The number of nitrogens with zero attached hydrogens (tertiary/aromatic N) is 2. The Hall–Kier alpha value is -1.10. The summed E-state index contributed by atoms with van der Waals surface area (Å²) in [4.78, 5) is 16.7. The van der Waals surface area contributed by atoms with E-state index >= 15 is 0 Å². The summed E-state index contributed by atoms with van der Waals surface area (Å²) in [7, 11) is 0. The summed E-state index contributed by atoms with van der Waals surface area (Å²) in [6, 6.07) is 0. The van der Waals surface area contributed by atoms with Gasteiger partial charge in [0.15, 0.2) is 10.8 Å². The Morgan fingerprint density at radius 2 is 2.36 bits per heavy atom. The Morgan fingerprint density at radius 1 is 1.64 bits per heavy atom. The highest BCUT2D eigenvalue weighted by molar-refractivity contribution is 7.13. The Balaban J connectivity index is 2.78. The average Bonchev–Trinajstić information content (AvgIpc) is 2.63. The van der Waals surface area contributed by atoms with Gasteiger partial charge in [-0.1, -0.05) is 6.92 Å². The third-order valence-electron chi connectivity index (χ3n) is 1.86. The largest absolute Gasteiger partial charge is 0.476 e. The molecule has 0 aromatic carbocycles. The number of aromatic carboxylic acids is 1. The number of anilines is 1. The lowest BCUT2D eigenvalue weighted by Crippen LogP contribution is -2.23. The fraction of sp³-hybridized carbons (Fsp3) is 0.556. The van der Waals surface area contributed by atoms with E-state index in [4.69, 9.17) is 5.11 Å². The predicted octanol–water partition coefficient (Wildman–Crippen LogP) is 2.08. The molecular formula is C9H14N2O2S. The van der Waals surface area contributed by atoms with Crippen LogP contribution in [0.3, 0.4) is 0 Å². The first-order valence-electron chi connectivity index (χ1n) is 4.62. The van der Waals surface area contributed by atoms with Crippen LogP contribution < -0.4 is 4.90 Å². The number of thiazole rings is 1. The molecule has 0 atom stereocenters. The SMILES string of the molecule is CCCN(CC)c1nc(C(=O)O)cs1. The van der Waals surface area contributed by atoms with Crippen LogP contribution in [0.4, 0.5) is 5.13 Å². The molecule has 0 spiro atoms. The third-order valence-corrected chi connectivity index (χ3v) is 2.76. The van der Waals surface area contributed by atoms with Crippen LogP contribution in [0.1, 0.15) is 30.8 Å². The number of carboxylic acid groups (broad SMARTS) is 1. The smallest absolute Gasteiger partial charge is 0.355 e. The van der Waals surface area contributed by atoms with E-state index in [-0.39, 0.29) is 5.69 Å². The van der Waals surface area contributed by atoms with Gasteiger partial charge >= 0.3 is 5.97 Å². The molecule has 78 valence electrons. The molecule has 0 bridgehead atoms. The standard InChI is InChI=1S/C9H14N2O2S/c1-3-5-11(4-2)9-10-7(6-14-9)8(12)13/h6H,3-5H2,1-2H3,(H,12,13). The van der Waals surface area contributed by atoms with E-state index in [9.17, 15) is 4.79 Å². The van der Waals surface area contributed by atoms with Gasteiger partial charge in [0.05, 0.1) is 0 Å². The van der Waals surface area contributed by atoms with E-state index in [1.54, 1.807) is 5.38 Å². The molecule has 1 aromatic rings. The molecule has 0 aliphatic rings. The van der Waals surface area contributed by atoms with Crippen molar-refractivity contribution >= 4 is 22.4 Å². The second kappa shape index (κ2) is 4.95. The minimum absolute atomic E-state index is 0.138. The molecule has 1 N–H and O–H groups in total. The maximum Gasteiger partial charge on any atom is 0.355 e. The summed E-state index contributed by atoms with van der Waals surface area (Å²) in [6.07, 6.45) is 1.04. The molecule has 1 heterocycles. The van der Waals surface area contributed by atoms with Gasteiger partial charge in [0.2, 0.25) is 0 Å². The van der Waals surface area contributed by atoms with Crippen LogP contribution in [0, 0.1) is 0 Å². The van der Waals surface area contributed by atoms with Gasteiger partial charge in [-0.15, -0.1) is 11.3 Å². The molecule has 1 aromatic heterocycles. The summed E-state index contributed by atoms with van der Waals surface area (Å²) in [5.74, 6) is -0.958. The highest BCUT2D eigenvalue weighted by Crippen LogP contribution is 2.20. The summed E-state index contributed by atoms with van der Waals surface area (Å²) >= 11 is 1.38. The van der Waals surface area contributed by atoms with Gasteiger partial charge in [-0.3, -0.25) is 0 Å². The van der Waals surface area contributed by atoms with Crippen molar-refractivity contribution in [3.8, 4) is 0 Å². The van der Waals surface area contributed by atoms with Gasteiger partial charge < -0.3 is 10.0 Å². The van der Waals surface area contributed by atoms with E-state index in [2.05, 4.69) is 16.8 Å². The molecule has 14 heavy (non-hydrogen) atoms. The Bertz CT molecular complexity index is 312. The number of aromatic nitrogens is 1. The first kappa shape index (κ1) is 11.0. The molecule has 0 saturated heterocycles. The Labute approximate surface area is 87.2 Å². The zero-order valence-corrected chi connectivity index (χ0v) is 9.17. The zero-order chi connectivity index (χ0) is 10.6. The van der Waals surface area contributed by atoms with Crippen molar-refractivity contribution in [2.75, 3.05) is 18.0 Å². The molecule has 0 saturated carbocycles. The van der Waals surface area contributed by atoms with Crippen LogP contribution in [-0.2, 0) is 0 Å². The van der Waals surface area contributed by atoms with Gasteiger partial charge in [0.1, 0.15) is 0 Å². The first-order chi connectivity index (χ1) is 6.69. The number of rotatable bonds is 5. The number of carbonyl (C=O) groups is 1. The molecule has 0 aliphatic carbocycles. The van der Waals surface area contributed by atoms with Crippen molar-refractivity contribution in [1.29, 1.82) is 0 Å². The topological polar surface area (TPSA) is 53.4 Å². The normalized spacial score (nSPS) is 10.1. The molecule has 0 aliphatic heterocycles. The van der Waals surface area contributed by atoms with E-state index in [0.29, 0.717) is 0 Å². The van der Waals surface area contributed by atoms with Crippen LogP contribution in [0.2, 0.25) is 0 Å². The van der Waals surface area contributed by atoms with E-state index < -0.39 is 5.97 Å². The third kappa shape index (κ3) is 2.45. The molecule has 0 unspecified atom stereocenters. The van der Waals surface area contributed by atoms with Crippen molar-refractivity contribution in [2.45, 2.75) is 20.3 Å². The monoisotopic (exact) mass is 214 g/mol. The van der Waals surface area contributed by atoms with E-state index in [1.165, 1.54) is 11.3 Å². The van der Waals surface area contributed by atoms with Gasteiger partial charge in [0.25, 0.3) is 0 Å². The average molecular weight is 214 g/mol. The van der Waals surface area contributed by atoms with Crippen molar-refractivity contribution < 1.29 is 9.90 Å². The molecular weight excluding hydrogens is 200 g/mol. The number of hydrogen-bond donors (Lipinski definition) is 1. The second-order valence-electron chi connectivity index (χ2n) is 2.90. The lowest BCUT2D eigenvalue weighted by Gasteiger charge is -2.18. The van der Waals surface area contributed by atoms with Gasteiger partial charge in [0, 0.05) is 18.5 Å². The highest BCUT2D eigenvalue weighted by atomic mass is 32.1. The summed E-state index contributed by atoms with van der Waals surface area (Å²) in [5.41, 5.74) is 0.138. The van der Waals surface area contributed by atoms with Gasteiger partial charge in [-0.05, 0) is 13.3 Å². The molecule has 4 nitrogen and oxygen atoms in total. The molecule has 0 radical (unpaired) electrons. The lowest BCUT2D eigenvalue weighted by molar-refractivity contribution is 0.0691. The zero-order valence-electron chi connectivity index (χ0n) is 8.36. The Morgan fingerprint density at radius 3 is 2.79 bits per heavy atom. The first-order valence-corrected chi connectivity index (χ1v) is 5.50. The number of hydrogen-bond acceptors (Lipinski definition) is 4. The minimum atomic E-state index is -0.958. The van der Waals surface area contributed by atoms with E-state index in [1.807, 2.05) is 6.92 Å². The van der Waals surface area contributed by atoms with Crippen LogP contribution in [-0.4, -0.2) is 29.1 Å². The summed E-state index contributed by atoms with van der Waals surface area (Å²) in [6.45, 7) is 5.91. The van der Waals surface area contributed by atoms with Crippen molar-refractivity contribution in [2.24, 2.45) is 0 Å². The van der Waals surface area contributed by atoms with Crippen LogP contribution in [0.25, 0.3) is 0 Å². The van der Waals surface area contributed by atoms with Gasteiger partial charge in [-0.2, -0.15) is 0 Å². The molecule has 0 amide bonds. The van der Waals surface area contributed by atoms with Crippen LogP contribution in [0.5, 0.6) is 0 Å². The fourth-order valence-electron chi connectivity index (χ4n) is 1.17. The minimum Gasteiger partial charge on any atom is -0.476 e. The number of carboxylic acids is 1. The van der Waals surface area contributed by atoms with Crippen LogP contribution in [0.15, 0.2) is 5.38 Å². The van der Waals surface area contributed by atoms with Crippen molar-refractivity contribution in [1.82, 2.24) is 4.98 Å². The highest BCUT2D eigenvalue weighted by Gasteiger charge is 2.12. The molecule has 1 rings (SSSR count). The molecule has 5 heteroatoms. The maximum atomic E-state index is 10.6. The van der Waals surface area contributed by atoms with E-state index in [0.717, 1.165) is 24.6 Å². The van der Waals surface area contributed by atoms with Gasteiger partial charge in [-0.25, -0.2) is 9.78 Å². The Kier molecular flexibility index (Phi) is 3.88. The maximum absolute atomic E-state index is 10.6.